The van der Waals surface area contributed by atoms with Gasteiger partial charge in [-0.2, -0.15) is 18.3 Å². The summed E-state index contributed by atoms with van der Waals surface area (Å²) < 4.78 is 47.6. The molecule has 1 atom stereocenters. The van der Waals surface area contributed by atoms with Gasteiger partial charge in [-0.15, -0.1) is 0 Å². The minimum absolute atomic E-state index is 0.0666. The fourth-order valence-electron chi connectivity index (χ4n) is 4.66. The molecule has 9 nitrogen and oxygen atoms in total. The average molecular weight is 521 g/mol. The van der Waals surface area contributed by atoms with Gasteiger partial charge in [-0.05, 0) is 42.3 Å². The van der Waals surface area contributed by atoms with Gasteiger partial charge in [0.25, 0.3) is 0 Å². The van der Waals surface area contributed by atoms with E-state index in [1.165, 1.54) is 22.4 Å². The smallest absolute Gasteiger partial charge is 0.475 e. The number of halogens is 4. The Labute approximate surface area is 207 Å². The fraction of sp³-hybridized carbons (Fsp3) is 0.375. The lowest BCUT2D eigenvalue weighted by Gasteiger charge is -2.22. The second-order valence-electron chi connectivity index (χ2n) is 9.20. The standard InChI is InChI=1S/C22H22FN5O2.C2HF3O2/c23-18-5-3-16(4-6-18)13-28-21(30)20(29)27-15-22(10-19(27)25-28)7-9-26(14-22)12-17-2-1-8-24-11-17;3-2(4,5)1(6)7/h1-6,8,11H,7,9-10,12-15H2;(H,6,7). The van der Waals surface area contributed by atoms with E-state index in [0.717, 1.165) is 31.6 Å². The molecule has 196 valence electrons. The van der Waals surface area contributed by atoms with Crippen LogP contribution in [0.4, 0.5) is 17.6 Å². The van der Waals surface area contributed by atoms with Gasteiger partial charge in [0.15, 0.2) is 0 Å². The van der Waals surface area contributed by atoms with Gasteiger partial charge in [0.2, 0.25) is 0 Å². The van der Waals surface area contributed by atoms with Gasteiger partial charge in [-0.1, -0.05) is 18.2 Å². The van der Waals surface area contributed by atoms with Crippen molar-refractivity contribution in [3.05, 3.63) is 92.3 Å². The minimum atomic E-state index is -5.08. The number of hydrogen-bond acceptors (Lipinski definition) is 6. The number of likely N-dealkylation sites (tertiary alicyclic amines) is 1. The van der Waals surface area contributed by atoms with Crippen molar-refractivity contribution in [1.82, 2.24) is 24.2 Å². The van der Waals surface area contributed by atoms with Crippen LogP contribution in [0.5, 0.6) is 0 Å². The highest BCUT2D eigenvalue weighted by atomic mass is 19.4. The maximum absolute atomic E-state index is 13.1. The molecule has 5 rings (SSSR count). The second-order valence-corrected chi connectivity index (χ2v) is 9.20. The molecule has 0 radical (unpaired) electrons. The third-order valence-electron chi connectivity index (χ3n) is 6.37. The van der Waals surface area contributed by atoms with E-state index in [-0.39, 0.29) is 17.8 Å². The van der Waals surface area contributed by atoms with Crippen LogP contribution < -0.4 is 11.1 Å². The molecule has 0 aliphatic carbocycles. The normalized spacial score (nSPS) is 18.9. The first-order chi connectivity index (χ1) is 17.5. The van der Waals surface area contributed by atoms with Gasteiger partial charge < -0.3 is 5.11 Å². The van der Waals surface area contributed by atoms with Gasteiger partial charge in [0, 0.05) is 43.9 Å². The lowest BCUT2D eigenvalue weighted by atomic mass is 9.86. The predicted octanol–water partition coefficient (Wildman–Crippen LogP) is 2.07. The molecule has 3 aromatic rings. The molecule has 0 bridgehead atoms. The quantitative estimate of drug-likeness (QED) is 0.414. The molecule has 1 saturated heterocycles. The highest BCUT2D eigenvalue weighted by Gasteiger charge is 2.44. The van der Waals surface area contributed by atoms with E-state index in [2.05, 4.69) is 21.0 Å². The number of hydrogen-bond donors (Lipinski definition) is 1. The summed E-state index contributed by atoms with van der Waals surface area (Å²) >= 11 is 0. The molecule has 0 saturated carbocycles. The number of benzene rings is 1. The molecular weight excluding hydrogens is 498 g/mol. The first-order valence-corrected chi connectivity index (χ1v) is 11.3. The first kappa shape index (κ1) is 26.2. The number of rotatable bonds is 4. The monoisotopic (exact) mass is 521 g/mol. The third-order valence-corrected chi connectivity index (χ3v) is 6.37. The Bertz CT molecular complexity index is 1390. The van der Waals surface area contributed by atoms with Gasteiger partial charge >= 0.3 is 23.3 Å². The van der Waals surface area contributed by atoms with Crippen LogP contribution in [0.1, 0.15) is 23.4 Å². The van der Waals surface area contributed by atoms with Gasteiger partial charge in [0.05, 0.1) is 6.54 Å². The molecule has 37 heavy (non-hydrogen) atoms. The van der Waals surface area contributed by atoms with Gasteiger partial charge in [-0.3, -0.25) is 24.0 Å². The molecule has 1 N–H and O–H groups in total. The van der Waals surface area contributed by atoms with Crippen molar-refractivity contribution in [3.8, 4) is 0 Å². The number of alkyl halides is 3. The SMILES string of the molecule is O=C(O)C(F)(F)F.O=c1c(=O)n2c(nn1Cc1ccc(F)cc1)CC1(CCN(Cc3cccnc3)C1)C2. The van der Waals surface area contributed by atoms with E-state index in [1.54, 1.807) is 22.9 Å². The van der Waals surface area contributed by atoms with Crippen molar-refractivity contribution in [2.24, 2.45) is 5.41 Å². The number of carboxylic acids is 1. The Balaban J connectivity index is 0.000000405. The molecule has 2 aliphatic rings. The molecule has 1 aromatic carbocycles. The van der Waals surface area contributed by atoms with Crippen molar-refractivity contribution < 1.29 is 27.5 Å². The van der Waals surface area contributed by atoms with Crippen LogP contribution in [0.2, 0.25) is 0 Å². The molecule has 1 unspecified atom stereocenters. The minimum Gasteiger partial charge on any atom is -0.475 e. The number of nitrogens with zero attached hydrogens (tertiary/aromatic N) is 5. The van der Waals surface area contributed by atoms with Crippen molar-refractivity contribution in [1.29, 1.82) is 0 Å². The van der Waals surface area contributed by atoms with Crippen LogP contribution in [0.25, 0.3) is 0 Å². The number of fused-ring (bicyclic) bond motifs is 1. The Kier molecular flexibility index (Phi) is 7.25. The Morgan fingerprint density at radius 1 is 1.03 bits per heavy atom. The van der Waals surface area contributed by atoms with Crippen LogP contribution in [0.15, 0.2) is 58.4 Å². The second kappa shape index (κ2) is 10.2. The number of aromatic nitrogens is 4. The molecule has 2 aliphatic heterocycles. The number of carboxylic acid groups (broad SMARTS) is 1. The van der Waals surface area contributed by atoms with E-state index < -0.39 is 23.3 Å². The summed E-state index contributed by atoms with van der Waals surface area (Å²) in [5, 5.41) is 11.6. The van der Waals surface area contributed by atoms with E-state index in [4.69, 9.17) is 9.90 Å². The van der Waals surface area contributed by atoms with Gasteiger partial charge in [-0.25, -0.2) is 13.9 Å². The maximum Gasteiger partial charge on any atom is 0.490 e. The fourth-order valence-corrected chi connectivity index (χ4v) is 4.66. The maximum atomic E-state index is 13.1. The van der Waals surface area contributed by atoms with E-state index in [9.17, 15) is 27.2 Å². The highest BCUT2D eigenvalue weighted by molar-refractivity contribution is 5.73. The van der Waals surface area contributed by atoms with E-state index >= 15 is 0 Å². The Morgan fingerprint density at radius 3 is 2.35 bits per heavy atom. The molecular formula is C24H23F4N5O4. The van der Waals surface area contributed by atoms with Crippen molar-refractivity contribution in [2.75, 3.05) is 13.1 Å². The van der Waals surface area contributed by atoms with Crippen LogP contribution in [-0.2, 0) is 30.8 Å². The summed E-state index contributed by atoms with van der Waals surface area (Å²) in [6, 6.07) is 9.88. The summed E-state index contributed by atoms with van der Waals surface area (Å²) in [7, 11) is 0. The summed E-state index contributed by atoms with van der Waals surface area (Å²) in [5.41, 5.74) is 0.670. The molecule has 1 spiro atoms. The Morgan fingerprint density at radius 2 is 1.73 bits per heavy atom. The van der Waals surface area contributed by atoms with Crippen molar-refractivity contribution in [2.45, 2.75) is 38.7 Å². The molecule has 0 amide bonds. The van der Waals surface area contributed by atoms with E-state index in [1.807, 2.05) is 12.3 Å². The van der Waals surface area contributed by atoms with Crippen molar-refractivity contribution >= 4 is 5.97 Å². The zero-order valence-corrected chi connectivity index (χ0v) is 19.5. The molecule has 1 fully saturated rings. The molecule has 2 aromatic heterocycles. The topological polar surface area (TPSA) is 110 Å². The third kappa shape index (κ3) is 6.10. The largest absolute Gasteiger partial charge is 0.490 e. The summed E-state index contributed by atoms with van der Waals surface area (Å²) in [6.45, 7) is 3.31. The zero-order chi connectivity index (χ0) is 26.8. The Hall–Kier alpha value is -3.87. The van der Waals surface area contributed by atoms with Crippen LogP contribution in [-0.4, -0.2) is 54.6 Å². The van der Waals surface area contributed by atoms with Crippen LogP contribution in [0, 0.1) is 11.2 Å². The number of pyridine rings is 1. The number of aliphatic carboxylic acids is 1. The summed E-state index contributed by atoms with van der Waals surface area (Å²) in [5.74, 6) is -2.44. The molecule has 4 heterocycles. The predicted molar refractivity (Wildman–Crippen MR) is 122 cm³/mol. The van der Waals surface area contributed by atoms with Crippen LogP contribution in [0.3, 0.4) is 0 Å². The number of carbonyl (C=O) groups is 1. The average Bonchev–Trinajstić information content (AvgIpc) is 3.41. The van der Waals surface area contributed by atoms with Gasteiger partial charge in [0.1, 0.15) is 11.6 Å². The summed E-state index contributed by atoms with van der Waals surface area (Å²) in [6.07, 6.45) is 0.197. The molecule has 13 heteroatoms. The summed E-state index contributed by atoms with van der Waals surface area (Å²) in [4.78, 5) is 40.8. The highest BCUT2D eigenvalue weighted by Crippen LogP contribution is 2.39. The van der Waals surface area contributed by atoms with Crippen LogP contribution >= 0.6 is 0 Å². The first-order valence-electron chi connectivity index (χ1n) is 11.3. The van der Waals surface area contributed by atoms with Crippen molar-refractivity contribution in [3.63, 3.8) is 0 Å². The lowest BCUT2D eigenvalue weighted by molar-refractivity contribution is -0.192. The zero-order valence-electron chi connectivity index (χ0n) is 19.5. The lowest BCUT2D eigenvalue weighted by Crippen LogP contribution is -2.43. The van der Waals surface area contributed by atoms with E-state index in [0.29, 0.717) is 18.8 Å².